The zero-order chi connectivity index (χ0) is 8.93. The van der Waals surface area contributed by atoms with Crippen LogP contribution in [0.4, 0.5) is 0 Å². The molecule has 1 nitrogen and oxygen atoms in total. The number of hydrogen-bond donors (Lipinski definition) is 1. The quantitative estimate of drug-likeness (QED) is 0.374. The van der Waals surface area contributed by atoms with Crippen LogP contribution in [-0.2, 0) is 4.18 Å². The van der Waals surface area contributed by atoms with Crippen molar-refractivity contribution < 1.29 is 4.18 Å². The van der Waals surface area contributed by atoms with Crippen molar-refractivity contribution in [3.8, 4) is 0 Å². The molecule has 1 fully saturated rings. The number of fused-ring (bicyclic) bond motifs is 1. The summed E-state index contributed by atoms with van der Waals surface area (Å²) in [7, 11) is 0. The lowest BCUT2D eigenvalue weighted by Crippen LogP contribution is -2.53. The highest BCUT2D eigenvalue weighted by Gasteiger charge is 2.54. The van der Waals surface area contributed by atoms with Crippen LogP contribution in [0, 0.1) is 17.3 Å². The summed E-state index contributed by atoms with van der Waals surface area (Å²) >= 11 is 3.92. The van der Waals surface area contributed by atoms with Gasteiger partial charge in [0, 0.05) is 0 Å². The van der Waals surface area contributed by atoms with Crippen molar-refractivity contribution in [2.24, 2.45) is 17.3 Å². The molecule has 0 aromatic heterocycles. The molecule has 1 saturated carbocycles. The number of allylic oxidation sites excluding steroid dienone is 1. The van der Waals surface area contributed by atoms with Gasteiger partial charge in [0.1, 0.15) is 0 Å². The highest BCUT2D eigenvalue weighted by molar-refractivity contribution is 7.75. The molecule has 0 heterocycles. The van der Waals surface area contributed by atoms with Gasteiger partial charge in [-0.1, -0.05) is 25.5 Å². The van der Waals surface area contributed by atoms with Gasteiger partial charge in [-0.05, 0) is 43.5 Å². The van der Waals surface area contributed by atoms with Gasteiger partial charge in [-0.25, -0.2) is 0 Å². The van der Waals surface area contributed by atoms with Gasteiger partial charge in [-0.2, -0.15) is 0 Å². The average Bonchev–Trinajstić information content (AvgIpc) is 2.02. The molecule has 2 bridgehead atoms. The summed E-state index contributed by atoms with van der Waals surface area (Å²) in [5.74, 6) is 1.48. The molecule has 0 aromatic carbocycles. The first-order chi connectivity index (χ1) is 5.57. The summed E-state index contributed by atoms with van der Waals surface area (Å²) in [4.78, 5) is 0. The van der Waals surface area contributed by atoms with E-state index in [9.17, 15) is 0 Å². The predicted octanol–water partition coefficient (Wildman–Crippen LogP) is 2.84. The average molecular weight is 184 g/mol. The van der Waals surface area contributed by atoms with Gasteiger partial charge in [-0.15, -0.1) is 0 Å². The zero-order valence-electron chi connectivity index (χ0n) is 7.87. The molecule has 3 rings (SSSR count). The second-order valence-electron chi connectivity index (χ2n) is 4.70. The fraction of sp³-hybridized carbons (Fsp3) is 0.800. The second kappa shape index (κ2) is 2.52. The summed E-state index contributed by atoms with van der Waals surface area (Å²) in [5.41, 5.74) is 1.92. The maximum Gasteiger partial charge on any atom is 0.0936 e. The van der Waals surface area contributed by atoms with E-state index in [2.05, 4.69) is 39.8 Å². The summed E-state index contributed by atoms with van der Waals surface area (Å²) < 4.78 is 5.17. The molecule has 0 saturated heterocycles. The van der Waals surface area contributed by atoms with E-state index in [0.717, 1.165) is 5.92 Å². The third-order valence-electron chi connectivity index (χ3n) is 3.84. The van der Waals surface area contributed by atoms with Crippen molar-refractivity contribution in [2.45, 2.75) is 33.3 Å². The lowest BCUT2D eigenvalue weighted by molar-refractivity contribution is -0.0611. The first-order valence-corrected chi connectivity index (χ1v) is 4.92. The van der Waals surface area contributed by atoms with E-state index in [0.29, 0.717) is 11.3 Å². The van der Waals surface area contributed by atoms with E-state index >= 15 is 0 Å². The minimum Gasteiger partial charge on any atom is -0.311 e. The van der Waals surface area contributed by atoms with Gasteiger partial charge in [0.25, 0.3) is 0 Å². The molecular formula is C10H16OS. The Bertz CT molecular complexity index is 232. The van der Waals surface area contributed by atoms with Gasteiger partial charge < -0.3 is 4.18 Å². The standard InChI is InChI=1S/C10H16OS/c1-6-4-9(11-12)8-5-7(6)10(8,2)3/h4,7-9,12H,5H2,1-3H3/t7-,8+,9-/m0/s1. The lowest BCUT2D eigenvalue weighted by Gasteiger charge is -2.58. The molecule has 0 N–H and O–H groups in total. The van der Waals surface area contributed by atoms with Crippen molar-refractivity contribution in [1.29, 1.82) is 0 Å². The molecule has 3 aliphatic carbocycles. The molecule has 68 valence electrons. The van der Waals surface area contributed by atoms with Gasteiger partial charge in [0.15, 0.2) is 0 Å². The van der Waals surface area contributed by atoms with Crippen LogP contribution in [0.3, 0.4) is 0 Å². The smallest absolute Gasteiger partial charge is 0.0936 e. The first kappa shape index (κ1) is 8.64. The molecule has 0 unspecified atom stereocenters. The number of thiol groups is 1. The molecule has 3 atom stereocenters. The molecule has 0 aliphatic heterocycles. The largest absolute Gasteiger partial charge is 0.311 e. The van der Waals surface area contributed by atoms with Crippen LogP contribution in [0.1, 0.15) is 27.2 Å². The molecule has 2 heteroatoms. The Labute approximate surface area is 79.8 Å². The lowest BCUT2D eigenvalue weighted by atomic mass is 9.48. The fourth-order valence-corrected chi connectivity index (χ4v) is 3.09. The Kier molecular flexibility index (Phi) is 1.81. The minimum absolute atomic E-state index is 0.244. The molecule has 3 aliphatic rings. The summed E-state index contributed by atoms with van der Waals surface area (Å²) in [5, 5.41) is 0. The van der Waals surface area contributed by atoms with E-state index in [1.807, 2.05) is 0 Å². The van der Waals surface area contributed by atoms with E-state index in [-0.39, 0.29) is 6.10 Å². The Morgan fingerprint density at radius 1 is 1.58 bits per heavy atom. The molecule has 0 radical (unpaired) electrons. The maximum atomic E-state index is 5.17. The van der Waals surface area contributed by atoms with Crippen LogP contribution in [0.5, 0.6) is 0 Å². The summed E-state index contributed by atoms with van der Waals surface area (Å²) in [6.45, 7) is 6.88. The normalized spacial score (nSPS) is 43.3. The van der Waals surface area contributed by atoms with Crippen LogP contribution in [0.2, 0.25) is 0 Å². The Morgan fingerprint density at radius 2 is 2.25 bits per heavy atom. The molecule has 0 spiro atoms. The van der Waals surface area contributed by atoms with Crippen LogP contribution in [0.25, 0.3) is 0 Å². The van der Waals surface area contributed by atoms with Crippen LogP contribution in [0.15, 0.2) is 11.6 Å². The minimum atomic E-state index is 0.244. The van der Waals surface area contributed by atoms with Crippen molar-refractivity contribution in [2.75, 3.05) is 0 Å². The Morgan fingerprint density at radius 3 is 2.67 bits per heavy atom. The van der Waals surface area contributed by atoms with Crippen LogP contribution < -0.4 is 0 Å². The number of hydrogen-bond acceptors (Lipinski definition) is 2. The monoisotopic (exact) mass is 184 g/mol. The van der Waals surface area contributed by atoms with Gasteiger partial charge in [0.2, 0.25) is 0 Å². The molecule has 0 aromatic rings. The Hall–Kier alpha value is 0.0500. The SMILES string of the molecule is CC1=C[C@H](OS)[C@H]2C[C@@H]1C2(C)C. The van der Waals surface area contributed by atoms with Gasteiger partial charge in [0.05, 0.1) is 6.10 Å². The molecule has 0 amide bonds. The van der Waals surface area contributed by atoms with Gasteiger partial charge >= 0.3 is 0 Å². The number of rotatable bonds is 1. The summed E-state index contributed by atoms with van der Waals surface area (Å²) in [6.07, 6.45) is 3.77. The van der Waals surface area contributed by atoms with Crippen molar-refractivity contribution in [3.05, 3.63) is 11.6 Å². The van der Waals surface area contributed by atoms with Crippen molar-refractivity contribution in [3.63, 3.8) is 0 Å². The van der Waals surface area contributed by atoms with E-state index in [1.54, 1.807) is 0 Å². The van der Waals surface area contributed by atoms with E-state index < -0.39 is 0 Å². The third kappa shape index (κ3) is 0.912. The van der Waals surface area contributed by atoms with Crippen LogP contribution >= 0.6 is 12.9 Å². The first-order valence-electron chi connectivity index (χ1n) is 4.56. The van der Waals surface area contributed by atoms with Gasteiger partial charge in [-0.3, -0.25) is 0 Å². The van der Waals surface area contributed by atoms with E-state index in [1.165, 1.54) is 12.0 Å². The van der Waals surface area contributed by atoms with Crippen molar-refractivity contribution in [1.82, 2.24) is 0 Å². The summed E-state index contributed by atoms with van der Waals surface area (Å²) in [6, 6.07) is 0. The second-order valence-corrected chi connectivity index (χ2v) is 4.91. The van der Waals surface area contributed by atoms with Crippen molar-refractivity contribution >= 4 is 12.9 Å². The topological polar surface area (TPSA) is 9.23 Å². The van der Waals surface area contributed by atoms with E-state index in [4.69, 9.17) is 4.18 Å². The molecular weight excluding hydrogens is 168 g/mol. The third-order valence-corrected chi connectivity index (χ3v) is 4.08. The predicted molar refractivity (Wildman–Crippen MR) is 53.0 cm³/mol. The highest BCUT2D eigenvalue weighted by Crippen LogP contribution is 2.59. The zero-order valence-corrected chi connectivity index (χ0v) is 8.77. The highest BCUT2D eigenvalue weighted by atomic mass is 32.1. The van der Waals surface area contributed by atoms with Crippen LogP contribution in [-0.4, -0.2) is 6.10 Å². The fourth-order valence-electron chi connectivity index (χ4n) is 2.88. The maximum absolute atomic E-state index is 5.17. The molecule has 12 heavy (non-hydrogen) atoms. The Balaban J connectivity index is 2.29.